The van der Waals surface area contributed by atoms with E-state index in [1.807, 2.05) is 6.07 Å². The highest BCUT2D eigenvalue weighted by molar-refractivity contribution is 5.79. The molecule has 1 fully saturated rings. The van der Waals surface area contributed by atoms with E-state index in [0.29, 0.717) is 39.1 Å². The number of amides is 2. The lowest BCUT2D eigenvalue weighted by atomic mass is 9.96. The fraction of sp³-hybridized carbons (Fsp3) is 0.619. The van der Waals surface area contributed by atoms with Crippen molar-refractivity contribution < 1.29 is 14.3 Å². The average molecular weight is 376 g/mol. The van der Waals surface area contributed by atoms with Crippen molar-refractivity contribution in [2.75, 3.05) is 32.8 Å². The third-order valence-electron chi connectivity index (χ3n) is 5.25. The molecule has 0 atom stereocenters. The van der Waals surface area contributed by atoms with E-state index in [2.05, 4.69) is 42.3 Å². The Bertz CT molecular complexity index is 608. The number of rotatable bonds is 8. The molecule has 1 aromatic rings. The van der Waals surface area contributed by atoms with Gasteiger partial charge in [0.1, 0.15) is 0 Å². The molecule has 150 valence electrons. The van der Waals surface area contributed by atoms with Gasteiger partial charge in [-0.2, -0.15) is 0 Å². The topological polar surface area (TPSA) is 61.9 Å². The second kappa shape index (κ2) is 10.9. The van der Waals surface area contributed by atoms with Gasteiger partial charge in [-0.05, 0) is 44.0 Å². The molecule has 0 unspecified atom stereocenters. The lowest BCUT2D eigenvalue weighted by molar-refractivity contribution is -0.126. The fourth-order valence-electron chi connectivity index (χ4n) is 3.44. The van der Waals surface area contributed by atoms with Gasteiger partial charge in [-0.1, -0.05) is 38.1 Å². The summed E-state index contributed by atoms with van der Waals surface area (Å²) in [4.78, 5) is 28.4. The van der Waals surface area contributed by atoms with Crippen LogP contribution < -0.4 is 5.32 Å². The maximum atomic E-state index is 12.6. The van der Waals surface area contributed by atoms with E-state index in [1.165, 1.54) is 11.1 Å². The fourth-order valence-corrected chi connectivity index (χ4v) is 3.44. The quantitative estimate of drug-likeness (QED) is 0.759. The zero-order chi connectivity index (χ0) is 19.6. The Morgan fingerprint density at radius 3 is 2.33 bits per heavy atom. The first-order chi connectivity index (χ1) is 13.1. The molecule has 0 spiro atoms. The Labute approximate surface area is 162 Å². The number of carbonyl (C=O) groups excluding carboxylic acids is 2. The predicted octanol–water partition coefficient (Wildman–Crippen LogP) is 3.01. The van der Waals surface area contributed by atoms with E-state index >= 15 is 0 Å². The normalized spacial score (nSPS) is 15.0. The Hall–Kier alpha value is -2.08. The van der Waals surface area contributed by atoms with Crippen LogP contribution in [0.2, 0.25) is 0 Å². The van der Waals surface area contributed by atoms with Crippen molar-refractivity contribution >= 4 is 12.0 Å². The van der Waals surface area contributed by atoms with Gasteiger partial charge in [0.15, 0.2) is 0 Å². The van der Waals surface area contributed by atoms with Crippen molar-refractivity contribution in [2.45, 2.75) is 46.7 Å². The number of hydrogen-bond donors (Lipinski definition) is 1. The molecule has 1 aliphatic heterocycles. The predicted molar refractivity (Wildman–Crippen MR) is 106 cm³/mol. The summed E-state index contributed by atoms with van der Waals surface area (Å²) in [5.41, 5.74) is 2.43. The minimum absolute atomic E-state index is 0.0365. The Balaban J connectivity index is 1.85. The van der Waals surface area contributed by atoms with Crippen molar-refractivity contribution in [1.29, 1.82) is 0 Å². The first-order valence-electron chi connectivity index (χ1n) is 10.1. The van der Waals surface area contributed by atoms with Gasteiger partial charge >= 0.3 is 6.09 Å². The standard InChI is InChI=1S/C21H33N3O3/c1-4-23(5-2)16-19-10-8-7-9-18(19)15-22-20(25)17-11-13-24(14-12-17)21(26)27-6-3/h7-10,17H,4-6,11-16H2,1-3H3,(H,22,25). The molecule has 1 aliphatic rings. The highest BCUT2D eigenvalue weighted by Crippen LogP contribution is 2.19. The number of nitrogens with zero attached hydrogens (tertiary/aromatic N) is 2. The molecular formula is C21H33N3O3. The first-order valence-corrected chi connectivity index (χ1v) is 10.1. The SMILES string of the molecule is CCOC(=O)N1CCC(C(=O)NCc2ccccc2CN(CC)CC)CC1. The molecule has 2 rings (SSSR count). The lowest BCUT2D eigenvalue weighted by Crippen LogP contribution is -2.43. The largest absolute Gasteiger partial charge is 0.450 e. The molecule has 0 aliphatic carbocycles. The second-order valence-corrected chi connectivity index (χ2v) is 6.91. The number of nitrogens with one attached hydrogen (secondary N) is 1. The molecule has 6 heteroatoms. The molecular weight excluding hydrogens is 342 g/mol. The van der Waals surface area contributed by atoms with Gasteiger partial charge in [0.25, 0.3) is 0 Å². The molecule has 0 bridgehead atoms. The van der Waals surface area contributed by atoms with Crippen LogP contribution in [0.25, 0.3) is 0 Å². The van der Waals surface area contributed by atoms with Gasteiger partial charge < -0.3 is 15.0 Å². The molecule has 1 N–H and O–H groups in total. The second-order valence-electron chi connectivity index (χ2n) is 6.91. The zero-order valence-corrected chi connectivity index (χ0v) is 16.9. The third kappa shape index (κ3) is 6.24. The molecule has 0 saturated carbocycles. The summed E-state index contributed by atoms with van der Waals surface area (Å²) in [5.74, 6) is 0.0433. The Kier molecular flexibility index (Phi) is 8.58. The number of ether oxygens (including phenoxy) is 1. The number of piperidine rings is 1. The summed E-state index contributed by atoms with van der Waals surface area (Å²) in [7, 11) is 0. The van der Waals surface area contributed by atoms with Crippen LogP contribution in [0.3, 0.4) is 0 Å². The summed E-state index contributed by atoms with van der Waals surface area (Å²) < 4.78 is 5.03. The molecule has 2 amide bonds. The molecule has 0 radical (unpaired) electrons. The van der Waals surface area contributed by atoms with E-state index in [1.54, 1.807) is 11.8 Å². The van der Waals surface area contributed by atoms with Crippen LogP contribution in [0, 0.1) is 5.92 Å². The van der Waals surface area contributed by atoms with E-state index in [0.717, 1.165) is 19.6 Å². The van der Waals surface area contributed by atoms with Crippen LogP contribution >= 0.6 is 0 Å². The smallest absolute Gasteiger partial charge is 0.409 e. The van der Waals surface area contributed by atoms with Gasteiger partial charge in [0, 0.05) is 32.1 Å². The highest BCUT2D eigenvalue weighted by atomic mass is 16.6. The summed E-state index contributed by atoms with van der Waals surface area (Å²) in [6.45, 7) is 11.1. The Morgan fingerprint density at radius 1 is 1.11 bits per heavy atom. The number of benzene rings is 1. The first kappa shape index (κ1) is 21.2. The summed E-state index contributed by atoms with van der Waals surface area (Å²) in [6.07, 6.45) is 1.10. The van der Waals surface area contributed by atoms with Crippen molar-refractivity contribution in [1.82, 2.24) is 15.1 Å². The third-order valence-corrected chi connectivity index (χ3v) is 5.25. The minimum Gasteiger partial charge on any atom is -0.450 e. The van der Waals surface area contributed by atoms with E-state index < -0.39 is 0 Å². The molecule has 27 heavy (non-hydrogen) atoms. The van der Waals surface area contributed by atoms with Gasteiger partial charge in [-0.25, -0.2) is 4.79 Å². The van der Waals surface area contributed by atoms with E-state index in [-0.39, 0.29) is 17.9 Å². The summed E-state index contributed by atoms with van der Waals surface area (Å²) >= 11 is 0. The maximum Gasteiger partial charge on any atom is 0.409 e. The number of hydrogen-bond acceptors (Lipinski definition) is 4. The van der Waals surface area contributed by atoms with E-state index in [4.69, 9.17) is 4.74 Å². The average Bonchev–Trinajstić information content (AvgIpc) is 2.71. The molecule has 1 heterocycles. The van der Waals surface area contributed by atoms with Crippen LogP contribution in [0.15, 0.2) is 24.3 Å². The van der Waals surface area contributed by atoms with Crippen LogP contribution in [-0.4, -0.2) is 54.6 Å². The van der Waals surface area contributed by atoms with Crippen LogP contribution in [0.1, 0.15) is 44.7 Å². The van der Waals surface area contributed by atoms with Gasteiger partial charge in [-0.15, -0.1) is 0 Å². The van der Waals surface area contributed by atoms with Crippen molar-refractivity contribution in [3.8, 4) is 0 Å². The number of likely N-dealkylation sites (tertiary alicyclic amines) is 1. The van der Waals surface area contributed by atoms with Crippen molar-refractivity contribution in [2.24, 2.45) is 5.92 Å². The van der Waals surface area contributed by atoms with Gasteiger partial charge in [-0.3, -0.25) is 9.69 Å². The maximum absolute atomic E-state index is 12.6. The number of carbonyl (C=O) groups is 2. The molecule has 6 nitrogen and oxygen atoms in total. The van der Waals surface area contributed by atoms with Crippen molar-refractivity contribution in [3.05, 3.63) is 35.4 Å². The summed E-state index contributed by atoms with van der Waals surface area (Å²) in [6, 6.07) is 8.29. The minimum atomic E-state index is -0.276. The molecule has 1 aromatic carbocycles. The van der Waals surface area contributed by atoms with Gasteiger partial charge in [0.2, 0.25) is 5.91 Å². The van der Waals surface area contributed by atoms with E-state index in [9.17, 15) is 9.59 Å². The van der Waals surface area contributed by atoms with Gasteiger partial charge in [0.05, 0.1) is 6.61 Å². The highest BCUT2D eigenvalue weighted by Gasteiger charge is 2.27. The van der Waals surface area contributed by atoms with Crippen LogP contribution in [-0.2, 0) is 22.6 Å². The Morgan fingerprint density at radius 2 is 1.74 bits per heavy atom. The van der Waals surface area contributed by atoms with Crippen LogP contribution in [0.4, 0.5) is 4.79 Å². The zero-order valence-electron chi connectivity index (χ0n) is 16.9. The summed E-state index contributed by atoms with van der Waals surface area (Å²) in [5, 5.41) is 3.10. The van der Waals surface area contributed by atoms with Crippen LogP contribution in [0.5, 0.6) is 0 Å². The van der Waals surface area contributed by atoms with Crippen molar-refractivity contribution in [3.63, 3.8) is 0 Å². The molecule has 0 aromatic heterocycles. The molecule has 1 saturated heterocycles. The monoisotopic (exact) mass is 375 g/mol. The lowest BCUT2D eigenvalue weighted by Gasteiger charge is -2.30.